The molecule has 9 atom stereocenters. The second-order valence-electron chi connectivity index (χ2n) is 13.3. The molecule has 0 aromatic carbocycles. The molecule has 1 unspecified atom stereocenters. The van der Waals surface area contributed by atoms with Gasteiger partial charge >= 0.3 is 6.09 Å². The van der Waals surface area contributed by atoms with Crippen molar-refractivity contribution in [2.75, 3.05) is 26.8 Å². The molecule has 2 aliphatic heterocycles. The van der Waals surface area contributed by atoms with Gasteiger partial charge in [0, 0.05) is 44.2 Å². The molecule has 2 amide bonds. The van der Waals surface area contributed by atoms with Crippen molar-refractivity contribution in [1.82, 2.24) is 10.6 Å². The number of aliphatic hydroxyl groups is 3. The van der Waals surface area contributed by atoms with Gasteiger partial charge in [0.15, 0.2) is 20.6 Å². The van der Waals surface area contributed by atoms with Gasteiger partial charge in [0.1, 0.15) is 12.7 Å². The molecule has 2 saturated heterocycles. The van der Waals surface area contributed by atoms with Crippen molar-refractivity contribution in [2.45, 2.75) is 122 Å². The van der Waals surface area contributed by atoms with Gasteiger partial charge in [-0.2, -0.15) is 0 Å². The first kappa shape index (κ1) is 37.6. The van der Waals surface area contributed by atoms with Gasteiger partial charge in [0.2, 0.25) is 5.79 Å². The fraction of sp³-hybridized carbons (Fsp3) is 0.862. The molecule has 0 aromatic heterocycles. The van der Waals surface area contributed by atoms with E-state index in [-0.39, 0.29) is 44.0 Å². The van der Waals surface area contributed by atoms with Crippen molar-refractivity contribution in [3.05, 3.63) is 12.2 Å². The lowest BCUT2D eigenvalue weighted by Gasteiger charge is -2.50. The van der Waals surface area contributed by atoms with E-state index in [4.69, 9.17) is 29.1 Å². The maximum atomic E-state index is 13.2. The third-order valence-corrected chi connectivity index (χ3v) is 9.34. The Labute approximate surface area is 256 Å². The molecular weight excluding hydrogens is 578 g/mol. The summed E-state index contributed by atoms with van der Waals surface area (Å²) in [4.78, 5) is 25.1. The zero-order valence-corrected chi connectivity index (χ0v) is 28.1. The van der Waals surface area contributed by atoms with Gasteiger partial charge in [0.25, 0.3) is 5.91 Å². The average molecular weight is 634 g/mol. The number of amides is 2. The molecule has 2 aliphatic rings. The summed E-state index contributed by atoms with van der Waals surface area (Å²) in [7, 11) is -0.730. The number of nitrogens with two attached hydrogens (primary N) is 1. The molecule has 0 aliphatic carbocycles. The molecule has 0 aromatic rings. The van der Waals surface area contributed by atoms with E-state index in [9.17, 15) is 24.9 Å². The topological polar surface area (TPSA) is 191 Å². The van der Waals surface area contributed by atoms with Gasteiger partial charge in [-0.05, 0) is 39.5 Å². The number of aliphatic hydroxyl groups excluding tert-OH is 3. The average Bonchev–Trinajstić information content (AvgIpc) is 2.91. The third kappa shape index (κ3) is 10.2. The number of carbonyl (C=O) groups is 2. The van der Waals surface area contributed by atoms with Crippen molar-refractivity contribution in [2.24, 2.45) is 17.1 Å². The number of methoxy groups -OCH3 is 1. The van der Waals surface area contributed by atoms with Crippen LogP contribution in [0.2, 0.25) is 19.6 Å². The summed E-state index contributed by atoms with van der Waals surface area (Å²) in [6.45, 7) is 18.4. The summed E-state index contributed by atoms with van der Waals surface area (Å²) in [5.74, 6) is -2.55. The Morgan fingerprint density at radius 1 is 1.21 bits per heavy atom. The molecule has 2 heterocycles. The predicted molar refractivity (Wildman–Crippen MR) is 162 cm³/mol. The van der Waals surface area contributed by atoms with E-state index in [0.717, 1.165) is 5.57 Å². The van der Waals surface area contributed by atoms with Crippen LogP contribution in [0.4, 0.5) is 4.79 Å². The Bertz CT molecular complexity index is 948. The highest BCUT2D eigenvalue weighted by molar-refractivity contribution is 6.69. The minimum Gasteiger partial charge on any atom is -0.447 e. The van der Waals surface area contributed by atoms with Crippen LogP contribution in [-0.2, 0) is 28.2 Å². The number of hydrogen-bond acceptors (Lipinski definition) is 11. The van der Waals surface area contributed by atoms with E-state index in [0.29, 0.717) is 19.5 Å². The van der Waals surface area contributed by atoms with Gasteiger partial charge in [0.05, 0.1) is 24.4 Å². The number of ether oxygens (including phenoxy) is 4. The van der Waals surface area contributed by atoms with E-state index >= 15 is 0 Å². The summed E-state index contributed by atoms with van der Waals surface area (Å²) in [5.41, 5.74) is 5.60. The number of hydrogen-bond donors (Lipinski definition) is 6. The minimum atomic E-state index is -2.07. The highest BCUT2D eigenvalue weighted by Crippen LogP contribution is 2.42. The fourth-order valence-corrected chi connectivity index (χ4v) is 6.62. The largest absolute Gasteiger partial charge is 0.447 e. The summed E-state index contributed by atoms with van der Waals surface area (Å²) < 4.78 is 29.4. The number of rotatable bonds is 14. The molecule has 0 spiro atoms. The van der Waals surface area contributed by atoms with Crippen LogP contribution in [0.1, 0.15) is 53.4 Å². The van der Waals surface area contributed by atoms with Crippen LogP contribution >= 0.6 is 0 Å². The normalized spacial score (nSPS) is 31.5. The van der Waals surface area contributed by atoms with Crippen molar-refractivity contribution >= 4 is 20.3 Å². The van der Waals surface area contributed by atoms with Gasteiger partial charge in [-0.1, -0.05) is 32.9 Å². The monoisotopic (exact) mass is 633 g/mol. The van der Waals surface area contributed by atoms with Crippen molar-refractivity contribution < 1.29 is 48.3 Å². The number of alkyl carbamates (subject to hydrolysis) is 1. The van der Waals surface area contributed by atoms with Crippen LogP contribution in [0.25, 0.3) is 0 Å². The molecule has 2 fully saturated rings. The molecule has 0 radical (unpaired) electrons. The Balaban J connectivity index is 2.15. The predicted octanol–water partition coefficient (Wildman–Crippen LogP) is 1.36. The van der Waals surface area contributed by atoms with Gasteiger partial charge in [-0.3, -0.25) is 4.79 Å². The molecular formula is C29H55N3O10Si. The maximum Gasteiger partial charge on any atom is 0.407 e. The van der Waals surface area contributed by atoms with Crippen molar-refractivity contribution in [3.63, 3.8) is 0 Å². The molecule has 250 valence electrons. The van der Waals surface area contributed by atoms with Gasteiger partial charge < -0.3 is 55.1 Å². The summed E-state index contributed by atoms with van der Waals surface area (Å²) >= 11 is 0. The molecule has 13 nitrogen and oxygen atoms in total. The molecule has 14 heteroatoms. The van der Waals surface area contributed by atoms with E-state index in [1.54, 1.807) is 0 Å². The minimum absolute atomic E-state index is 0.00893. The van der Waals surface area contributed by atoms with Crippen molar-refractivity contribution in [1.29, 1.82) is 0 Å². The summed E-state index contributed by atoms with van der Waals surface area (Å²) in [6.07, 6.45) is -6.28. The standard InChI is InChI=1S/C29H55N3O10Si/c1-17-15-29(38-6,41-19(3)18(17)2)24(34)26(36)32-25(35)21-14-23(42-43(7,8)9)28(4,5)22(40-21)13-20(33)16-39-27(37)31-12-10-11-30/h18-25,33-35H,1,10-16,30H2,2-9H3,(H,31,37)(H,32,36)/t18-,19-,20+,21+,22-,23?,24-,25+,29-/m1/s1. The first-order valence-electron chi connectivity index (χ1n) is 15.1. The van der Waals surface area contributed by atoms with Gasteiger partial charge in [-0.25, -0.2) is 4.79 Å². The van der Waals surface area contributed by atoms with Crippen LogP contribution in [-0.4, -0.2) is 111 Å². The lowest BCUT2D eigenvalue weighted by molar-refractivity contribution is -0.298. The second kappa shape index (κ2) is 15.6. The molecule has 0 saturated carbocycles. The summed E-state index contributed by atoms with van der Waals surface area (Å²) in [5, 5.41) is 37.9. The first-order valence-corrected chi connectivity index (χ1v) is 18.5. The Kier molecular flexibility index (Phi) is 13.6. The van der Waals surface area contributed by atoms with Crippen LogP contribution in [0.5, 0.6) is 0 Å². The van der Waals surface area contributed by atoms with E-state index < -0.39 is 62.2 Å². The molecule has 43 heavy (non-hydrogen) atoms. The fourth-order valence-electron chi connectivity index (χ4n) is 5.36. The smallest absolute Gasteiger partial charge is 0.407 e. The second-order valence-corrected chi connectivity index (χ2v) is 17.8. The van der Waals surface area contributed by atoms with Crippen LogP contribution < -0.4 is 16.4 Å². The van der Waals surface area contributed by atoms with E-state index in [2.05, 4.69) is 17.2 Å². The summed E-state index contributed by atoms with van der Waals surface area (Å²) in [6, 6.07) is 0. The lowest BCUT2D eigenvalue weighted by atomic mass is 9.74. The maximum absolute atomic E-state index is 13.2. The van der Waals surface area contributed by atoms with Crippen LogP contribution in [0.3, 0.4) is 0 Å². The molecule has 0 bridgehead atoms. The van der Waals surface area contributed by atoms with E-state index in [1.165, 1.54) is 7.11 Å². The SMILES string of the molecule is C=C1C[C@](OC)([C@H](O)C(=O)N[C@@H](O)[C@@H]2CC(O[Si](C)(C)C)C(C)(C)[C@@H](C[C@H](O)COC(=O)NCCCN)O2)O[C@H](C)[C@@H]1C. The van der Waals surface area contributed by atoms with Crippen LogP contribution in [0, 0.1) is 11.3 Å². The zero-order chi connectivity index (χ0) is 32.8. The third-order valence-electron chi connectivity index (χ3n) is 8.34. The Morgan fingerprint density at radius 2 is 1.86 bits per heavy atom. The zero-order valence-electron chi connectivity index (χ0n) is 27.1. The van der Waals surface area contributed by atoms with E-state index in [1.807, 2.05) is 47.3 Å². The van der Waals surface area contributed by atoms with Crippen LogP contribution in [0.15, 0.2) is 12.2 Å². The van der Waals surface area contributed by atoms with Crippen molar-refractivity contribution in [3.8, 4) is 0 Å². The highest BCUT2D eigenvalue weighted by Gasteiger charge is 2.52. The number of nitrogens with one attached hydrogen (secondary N) is 2. The van der Waals surface area contributed by atoms with Gasteiger partial charge in [-0.15, -0.1) is 0 Å². The molecule has 2 rings (SSSR count). The first-order chi connectivity index (χ1) is 19.9. The number of carbonyl (C=O) groups excluding carboxylic acids is 2. The Hall–Kier alpha value is -1.62. The quantitative estimate of drug-likeness (QED) is 0.0701. The Morgan fingerprint density at radius 3 is 2.42 bits per heavy atom. The molecule has 7 N–H and O–H groups in total. The lowest BCUT2D eigenvalue weighted by Crippen LogP contribution is -2.62. The highest BCUT2D eigenvalue weighted by atomic mass is 28.4.